The Bertz CT molecular complexity index is 436. The molecule has 1 unspecified atom stereocenters. The number of hydrogen-bond acceptors (Lipinski definition) is 2. The van der Waals surface area contributed by atoms with E-state index in [1.807, 2.05) is 13.8 Å². The molecule has 0 spiro atoms. The van der Waals surface area contributed by atoms with Crippen LogP contribution < -0.4 is 5.32 Å². The molecule has 1 aliphatic rings. The average Bonchev–Trinajstić information content (AvgIpc) is 2.71. The molecule has 0 radical (unpaired) electrons. The third-order valence-corrected chi connectivity index (χ3v) is 3.70. The van der Waals surface area contributed by atoms with Gasteiger partial charge in [0.2, 0.25) is 0 Å². The monoisotopic (exact) mass is 235 g/mol. The highest BCUT2D eigenvalue weighted by atomic mass is 19.1. The lowest BCUT2D eigenvalue weighted by atomic mass is 9.81. The van der Waals surface area contributed by atoms with Crippen molar-refractivity contribution in [2.24, 2.45) is 5.41 Å². The van der Waals surface area contributed by atoms with Crippen LogP contribution in [0.4, 0.5) is 4.39 Å². The predicted molar refractivity (Wildman–Crippen MR) is 65.4 cm³/mol. The van der Waals surface area contributed by atoms with E-state index in [-0.39, 0.29) is 17.0 Å². The zero-order chi connectivity index (χ0) is 12.5. The van der Waals surface area contributed by atoms with Crippen molar-refractivity contribution in [1.82, 2.24) is 5.32 Å². The summed E-state index contributed by atoms with van der Waals surface area (Å²) in [6, 6.07) is 4.62. The molecule has 0 bridgehead atoms. The molecule has 1 aromatic rings. The summed E-state index contributed by atoms with van der Waals surface area (Å²) in [4.78, 5) is 12.2. The van der Waals surface area contributed by atoms with Gasteiger partial charge in [0.25, 0.3) is 0 Å². The minimum Gasteiger partial charge on any atom is -0.316 e. The smallest absolute Gasteiger partial charge is 0.144 e. The fraction of sp³-hybridized carbons (Fsp3) is 0.500. The number of Topliss-reactive ketones (excluding diaryl/α,β-unsaturated/α-hetero) is 1. The lowest BCUT2D eigenvalue weighted by Crippen LogP contribution is -2.31. The molecule has 2 nitrogen and oxygen atoms in total. The van der Waals surface area contributed by atoms with E-state index in [1.165, 1.54) is 12.1 Å². The van der Waals surface area contributed by atoms with E-state index < -0.39 is 0 Å². The summed E-state index contributed by atoms with van der Waals surface area (Å²) in [5, 5.41) is 3.22. The molecule has 92 valence electrons. The summed E-state index contributed by atoms with van der Waals surface area (Å²) in [5.74, 6) is 0.00431. The van der Waals surface area contributed by atoms with Crippen molar-refractivity contribution < 1.29 is 9.18 Å². The summed E-state index contributed by atoms with van der Waals surface area (Å²) in [5.41, 5.74) is 1.54. The number of ketones is 1. The van der Waals surface area contributed by atoms with Crippen LogP contribution in [-0.4, -0.2) is 18.9 Å². The van der Waals surface area contributed by atoms with Crippen molar-refractivity contribution >= 4 is 5.78 Å². The van der Waals surface area contributed by atoms with Crippen LogP contribution in [0.15, 0.2) is 18.2 Å². The topological polar surface area (TPSA) is 29.1 Å². The van der Waals surface area contributed by atoms with Gasteiger partial charge in [0.05, 0.1) is 0 Å². The molecule has 0 saturated carbocycles. The third-order valence-electron chi connectivity index (χ3n) is 3.70. The minimum atomic E-state index is -0.249. The Labute approximate surface area is 101 Å². The maximum absolute atomic E-state index is 13.0. The molecule has 2 rings (SSSR count). The Kier molecular flexibility index (Phi) is 3.29. The Morgan fingerprint density at radius 3 is 2.88 bits per heavy atom. The molecule has 0 aliphatic carbocycles. The lowest BCUT2D eigenvalue weighted by Gasteiger charge is -2.21. The van der Waals surface area contributed by atoms with Gasteiger partial charge in [-0.05, 0) is 43.1 Å². The number of benzene rings is 1. The standard InChI is InChI=1S/C14H18FNO/c1-10-7-12(15)4-3-11(10)8-13(17)14(2)5-6-16-9-14/h3-4,7,16H,5-6,8-9H2,1-2H3. The van der Waals surface area contributed by atoms with Crippen molar-refractivity contribution in [2.75, 3.05) is 13.1 Å². The van der Waals surface area contributed by atoms with E-state index in [9.17, 15) is 9.18 Å². The summed E-state index contributed by atoms with van der Waals surface area (Å²) in [7, 11) is 0. The van der Waals surface area contributed by atoms with E-state index in [2.05, 4.69) is 5.32 Å². The van der Waals surface area contributed by atoms with Crippen LogP contribution >= 0.6 is 0 Å². The lowest BCUT2D eigenvalue weighted by molar-refractivity contribution is -0.126. The largest absolute Gasteiger partial charge is 0.316 e. The summed E-state index contributed by atoms with van der Waals surface area (Å²) in [6.07, 6.45) is 1.30. The zero-order valence-electron chi connectivity index (χ0n) is 10.3. The van der Waals surface area contributed by atoms with Gasteiger partial charge in [-0.2, -0.15) is 0 Å². The Morgan fingerprint density at radius 1 is 1.53 bits per heavy atom. The predicted octanol–water partition coefficient (Wildman–Crippen LogP) is 2.25. The molecule has 0 amide bonds. The number of carbonyl (C=O) groups excluding carboxylic acids is 1. The van der Waals surface area contributed by atoms with Gasteiger partial charge in [-0.3, -0.25) is 4.79 Å². The van der Waals surface area contributed by atoms with Gasteiger partial charge < -0.3 is 5.32 Å². The van der Waals surface area contributed by atoms with Gasteiger partial charge in [-0.15, -0.1) is 0 Å². The highest BCUT2D eigenvalue weighted by molar-refractivity contribution is 5.87. The number of hydrogen-bond donors (Lipinski definition) is 1. The highest BCUT2D eigenvalue weighted by Crippen LogP contribution is 2.27. The minimum absolute atomic E-state index is 0.243. The van der Waals surface area contributed by atoms with E-state index in [0.29, 0.717) is 6.42 Å². The van der Waals surface area contributed by atoms with E-state index in [0.717, 1.165) is 30.6 Å². The molecule has 1 aliphatic heterocycles. The van der Waals surface area contributed by atoms with Crippen LogP contribution in [0.5, 0.6) is 0 Å². The number of halogens is 1. The quantitative estimate of drug-likeness (QED) is 0.870. The number of nitrogens with one attached hydrogen (secondary N) is 1. The fourth-order valence-corrected chi connectivity index (χ4v) is 2.30. The Hall–Kier alpha value is -1.22. The normalized spacial score (nSPS) is 23.9. The zero-order valence-corrected chi connectivity index (χ0v) is 10.3. The first-order valence-corrected chi connectivity index (χ1v) is 6.00. The summed E-state index contributed by atoms with van der Waals surface area (Å²) < 4.78 is 13.0. The SMILES string of the molecule is Cc1cc(F)ccc1CC(=O)C1(C)CCNC1. The van der Waals surface area contributed by atoms with Gasteiger partial charge in [-0.1, -0.05) is 13.0 Å². The molecule has 1 atom stereocenters. The molecule has 1 heterocycles. The van der Waals surface area contributed by atoms with Crippen molar-refractivity contribution in [1.29, 1.82) is 0 Å². The van der Waals surface area contributed by atoms with Crippen LogP contribution in [0.2, 0.25) is 0 Å². The van der Waals surface area contributed by atoms with Crippen LogP contribution in [0.3, 0.4) is 0 Å². The number of rotatable bonds is 3. The highest BCUT2D eigenvalue weighted by Gasteiger charge is 2.35. The number of carbonyl (C=O) groups is 1. The van der Waals surface area contributed by atoms with Crippen LogP contribution in [0, 0.1) is 18.2 Å². The number of aryl methyl sites for hydroxylation is 1. The van der Waals surface area contributed by atoms with Gasteiger partial charge in [0.1, 0.15) is 11.6 Å². The first-order valence-electron chi connectivity index (χ1n) is 6.00. The van der Waals surface area contributed by atoms with Gasteiger partial charge in [0, 0.05) is 18.4 Å². The second-order valence-corrected chi connectivity index (χ2v) is 5.16. The summed E-state index contributed by atoms with van der Waals surface area (Å²) in [6.45, 7) is 5.52. The molecule has 1 aromatic carbocycles. The van der Waals surface area contributed by atoms with E-state index in [1.54, 1.807) is 6.07 Å². The van der Waals surface area contributed by atoms with E-state index >= 15 is 0 Å². The molecule has 0 aromatic heterocycles. The maximum Gasteiger partial charge on any atom is 0.144 e. The first-order chi connectivity index (χ1) is 8.01. The van der Waals surface area contributed by atoms with Gasteiger partial charge in [0.15, 0.2) is 0 Å². The molecule has 1 saturated heterocycles. The van der Waals surface area contributed by atoms with Crippen molar-refractivity contribution in [2.45, 2.75) is 26.7 Å². The van der Waals surface area contributed by atoms with Gasteiger partial charge >= 0.3 is 0 Å². The van der Waals surface area contributed by atoms with Crippen LogP contribution in [0.1, 0.15) is 24.5 Å². The molecule has 1 N–H and O–H groups in total. The van der Waals surface area contributed by atoms with Crippen molar-refractivity contribution in [3.8, 4) is 0 Å². The Balaban J connectivity index is 2.13. The van der Waals surface area contributed by atoms with Crippen molar-refractivity contribution in [3.05, 3.63) is 35.1 Å². The third kappa shape index (κ3) is 2.55. The second kappa shape index (κ2) is 4.57. The van der Waals surface area contributed by atoms with Crippen LogP contribution in [0.25, 0.3) is 0 Å². The molecule has 1 fully saturated rings. The first kappa shape index (κ1) is 12.2. The van der Waals surface area contributed by atoms with Crippen molar-refractivity contribution in [3.63, 3.8) is 0 Å². The second-order valence-electron chi connectivity index (χ2n) is 5.16. The average molecular weight is 235 g/mol. The summed E-state index contributed by atoms with van der Waals surface area (Å²) >= 11 is 0. The molecular formula is C14H18FNO. The Morgan fingerprint density at radius 2 is 2.29 bits per heavy atom. The molecule has 17 heavy (non-hydrogen) atoms. The fourth-order valence-electron chi connectivity index (χ4n) is 2.30. The molecular weight excluding hydrogens is 217 g/mol. The maximum atomic E-state index is 13.0. The van der Waals surface area contributed by atoms with E-state index in [4.69, 9.17) is 0 Å². The van der Waals surface area contributed by atoms with Gasteiger partial charge in [-0.25, -0.2) is 4.39 Å². The molecule has 3 heteroatoms. The van der Waals surface area contributed by atoms with Crippen LogP contribution in [-0.2, 0) is 11.2 Å².